The normalized spacial score (nSPS) is 11.1. The van der Waals surface area contributed by atoms with Crippen molar-refractivity contribution in [1.29, 1.82) is 0 Å². The molecule has 1 aromatic heterocycles. The second kappa shape index (κ2) is 4.13. The van der Waals surface area contributed by atoms with Gasteiger partial charge < -0.3 is 0 Å². The van der Waals surface area contributed by atoms with Crippen LogP contribution in [0.5, 0.6) is 0 Å². The molecule has 5 heteroatoms. The van der Waals surface area contributed by atoms with E-state index in [0.29, 0.717) is 5.02 Å². The lowest BCUT2D eigenvalue weighted by Gasteiger charge is -2.03. The van der Waals surface area contributed by atoms with Gasteiger partial charge in [-0.3, -0.25) is 4.98 Å². The minimum absolute atomic E-state index is 0.00294. The number of rotatable bonds is 1. The maximum absolute atomic E-state index is 6.00. The summed E-state index contributed by atoms with van der Waals surface area (Å²) in [5, 5.41) is 0.623. The first-order valence-corrected chi connectivity index (χ1v) is 6.09. The van der Waals surface area contributed by atoms with Crippen molar-refractivity contribution in [3.63, 3.8) is 0 Å². The van der Waals surface area contributed by atoms with Crippen LogP contribution in [0.2, 0.25) is 5.02 Å². The third-order valence-corrected chi connectivity index (χ3v) is 3.01. The summed E-state index contributed by atoms with van der Waals surface area (Å²) in [4.78, 5) is 8.64. The SMILES string of the molecule is Clc1cccc2ncc(C(Br)Br)nc12. The summed E-state index contributed by atoms with van der Waals surface area (Å²) in [6.45, 7) is 0. The Morgan fingerprint density at radius 2 is 2.07 bits per heavy atom. The van der Waals surface area contributed by atoms with E-state index in [1.54, 1.807) is 12.3 Å². The number of alkyl halides is 2. The van der Waals surface area contributed by atoms with Crippen molar-refractivity contribution in [2.75, 3.05) is 0 Å². The van der Waals surface area contributed by atoms with Crippen LogP contribution in [0.3, 0.4) is 0 Å². The van der Waals surface area contributed by atoms with E-state index in [1.165, 1.54) is 0 Å². The molecular formula is C9H5Br2ClN2. The van der Waals surface area contributed by atoms with Gasteiger partial charge in [-0.25, -0.2) is 4.98 Å². The second-order valence-corrected chi connectivity index (χ2v) is 6.17. The number of hydrogen-bond acceptors (Lipinski definition) is 2. The van der Waals surface area contributed by atoms with Gasteiger partial charge in [0.2, 0.25) is 0 Å². The van der Waals surface area contributed by atoms with Crippen LogP contribution in [0, 0.1) is 0 Å². The van der Waals surface area contributed by atoms with Crippen molar-refractivity contribution < 1.29 is 0 Å². The third-order valence-electron chi connectivity index (χ3n) is 1.77. The molecule has 0 aliphatic carbocycles. The molecule has 0 saturated carbocycles. The maximum Gasteiger partial charge on any atom is 0.113 e. The molecule has 2 nitrogen and oxygen atoms in total. The van der Waals surface area contributed by atoms with E-state index in [2.05, 4.69) is 41.8 Å². The number of para-hydroxylation sites is 1. The number of fused-ring (bicyclic) bond motifs is 1. The van der Waals surface area contributed by atoms with Crippen molar-refractivity contribution >= 4 is 54.5 Å². The van der Waals surface area contributed by atoms with Gasteiger partial charge in [0.15, 0.2) is 0 Å². The van der Waals surface area contributed by atoms with E-state index in [9.17, 15) is 0 Å². The zero-order valence-electron chi connectivity index (χ0n) is 6.92. The van der Waals surface area contributed by atoms with Gasteiger partial charge in [-0.05, 0) is 12.1 Å². The fourth-order valence-electron chi connectivity index (χ4n) is 1.12. The molecule has 0 spiro atoms. The first-order chi connectivity index (χ1) is 6.68. The molecule has 1 aromatic carbocycles. The van der Waals surface area contributed by atoms with E-state index in [-0.39, 0.29) is 3.74 Å². The lowest BCUT2D eigenvalue weighted by Crippen LogP contribution is -1.91. The minimum atomic E-state index is 0.00294. The Morgan fingerprint density at radius 1 is 1.29 bits per heavy atom. The summed E-state index contributed by atoms with van der Waals surface area (Å²) < 4.78 is 0.00294. The first-order valence-electron chi connectivity index (χ1n) is 3.88. The Morgan fingerprint density at radius 3 is 2.79 bits per heavy atom. The summed E-state index contributed by atoms with van der Waals surface area (Å²) in [6.07, 6.45) is 1.72. The van der Waals surface area contributed by atoms with E-state index >= 15 is 0 Å². The largest absolute Gasteiger partial charge is 0.253 e. The van der Waals surface area contributed by atoms with E-state index in [1.807, 2.05) is 12.1 Å². The topological polar surface area (TPSA) is 25.8 Å². The van der Waals surface area contributed by atoms with Crippen molar-refractivity contribution in [3.8, 4) is 0 Å². The average Bonchev–Trinajstić information content (AvgIpc) is 2.18. The summed E-state index contributed by atoms with van der Waals surface area (Å²) in [7, 11) is 0. The molecule has 0 saturated heterocycles. The third kappa shape index (κ3) is 1.92. The van der Waals surface area contributed by atoms with Crippen LogP contribution >= 0.6 is 43.5 Å². The van der Waals surface area contributed by atoms with Gasteiger partial charge in [0.05, 0.1) is 22.4 Å². The Balaban J connectivity index is 2.70. The number of aromatic nitrogens is 2. The fourth-order valence-corrected chi connectivity index (χ4v) is 1.77. The van der Waals surface area contributed by atoms with Crippen LogP contribution in [0.15, 0.2) is 24.4 Å². The predicted octanol–water partition coefficient (Wildman–Crippen LogP) is 4.07. The highest BCUT2D eigenvalue weighted by molar-refractivity contribution is 9.24. The molecule has 0 N–H and O–H groups in total. The molecule has 0 atom stereocenters. The highest BCUT2D eigenvalue weighted by Crippen LogP contribution is 2.29. The van der Waals surface area contributed by atoms with Crippen molar-refractivity contribution in [3.05, 3.63) is 35.1 Å². The van der Waals surface area contributed by atoms with Gasteiger partial charge >= 0.3 is 0 Å². The Kier molecular flexibility index (Phi) is 3.04. The molecule has 1 heterocycles. The van der Waals surface area contributed by atoms with Crippen LogP contribution < -0.4 is 0 Å². The molecular weight excluding hydrogens is 331 g/mol. The molecule has 72 valence electrons. The van der Waals surface area contributed by atoms with Crippen molar-refractivity contribution in [1.82, 2.24) is 9.97 Å². The molecule has 0 fully saturated rings. The quantitative estimate of drug-likeness (QED) is 0.734. The Labute approximate surface area is 103 Å². The lowest BCUT2D eigenvalue weighted by molar-refractivity contribution is 1.17. The molecule has 0 amide bonds. The fraction of sp³-hybridized carbons (Fsp3) is 0.111. The van der Waals surface area contributed by atoms with E-state index < -0.39 is 0 Å². The van der Waals surface area contributed by atoms with E-state index in [0.717, 1.165) is 16.7 Å². The van der Waals surface area contributed by atoms with Crippen LogP contribution in [-0.4, -0.2) is 9.97 Å². The molecule has 0 aliphatic rings. The van der Waals surface area contributed by atoms with Crippen LogP contribution in [0.4, 0.5) is 0 Å². The first kappa shape index (κ1) is 10.3. The van der Waals surface area contributed by atoms with Gasteiger partial charge in [-0.1, -0.05) is 49.5 Å². The molecule has 0 radical (unpaired) electrons. The number of hydrogen-bond donors (Lipinski definition) is 0. The van der Waals surface area contributed by atoms with Gasteiger partial charge in [0.25, 0.3) is 0 Å². The number of benzene rings is 1. The predicted molar refractivity (Wildman–Crippen MR) is 65.1 cm³/mol. The molecule has 2 rings (SSSR count). The van der Waals surface area contributed by atoms with Crippen LogP contribution in [0.1, 0.15) is 9.43 Å². The van der Waals surface area contributed by atoms with Gasteiger partial charge in [0.1, 0.15) is 9.25 Å². The van der Waals surface area contributed by atoms with Crippen LogP contribution in [-0.2, 0) is 0 Å². The van der Waals surface area contributed by atoms with Crippen molar-refractivity contribution in [2.24, 2.45) is 0 Å². The summed E-state index contributed by atoms with van der Waals surface area (Å²) >= 11 is 12.7. The maximum atomic E-state index is 6.00. The minimum Gasteiger partial charge on any atom is -0.253 e. The Hall–Kier alpha value is -0.190. The van der Waals surface area contributed by atoms with Crippen molar-refractivity contribution in [2.45, 2.75) is 3.74 Å². The summed E-state index contributed by atoms with van der Waals surface area (Å²) in [5.74, 6) is 0. The summed E-state index contributed by atoms with van der Waals surface area (Å²) in [5.41, 5.74) is 2.35. The average molecular weight is 336 g/mol. The zero-order valence-corrected chi connectivity index (χ0v) is 10.8. The zero-order chi connectivity index (χ0) is 10.1. The summed E-state index contributed by atoms with van der Waals surface area (Å²) in [6, 6.07) is 5.55. The van der Waals surface area contributed by atoms with Crippen LogP contribution in [0.25, 0.3) is 11.0 Å². The number of nitrogens with zero attached hydrogens (tertiary/aromatic N) is 2. The monoisotopic (exact) mass is 334 g/mol. The highest BCUT2D eigenvalue weighted by atomic mass is 79.9. The van der Waals surface area contributed by atoms with Gasteiger partial charge in [-0.2, -0.15) is 0 Å². The van der Waals surface area contributed by atoms with Gasteiger partial charge in [-0.15, -0.1) is 0 Å². The van der Waals surface area contributed by atoms with Gasteiger partial charge in [0, 0.05) is 0 Å². The molecule has 14 heavy (non-hydrogen) atoms. The molecule has 0 aliphatic heterocycles. The molecule has 2 aromatic rings. The smallest absolute Gasteiger partial charge is 0.113 e. The molecule has 0 bridgehead atoms. The lowest BCUT2D eigenvalue weighted by atomic mass is 10.3. The standard InChI is InChI=1S/C9H5Br2ClN2/c10-9(11)7-4-13-6-3-1-2-5(12)8(6)14-7/h1-4,9H. The van der Waals surface area contributed by atoms with E-state index in [4.69, 9.17) is 11.6 Å². The second-order valence-electron chi connectivity index (χ2n) is 2.70. The number of halogens is 3. The Bertz CT molecular complexity index is 473. The molecule has 0 unspecified atom stereocenters. The highest BCUT2D eigenvalue weighted by Gasteiger charge is 2.07.